The molecular formula is C24H27NO6S. The maximum atomic E-state index is 12.6. The lowest BCUT2D eigenvalue weighted by molar-refractivity contribution is -0.118. The number of nitrogens with zero attached hydrogens (tertiary/aromatic N) is 1. The number of nitriles is 1. The zero-order valence-electron chi connectivity index (χ0n) is 18.3. The fourth-order valence-corrected chi connectivity index (χ4v) is 5.12. The van der Waals surface area contributed by atoms with E-state index in [9.17, 15) is 14.9 Å². The molecule has 1 aliphatic rings. The monoisotopic (exact) mass is 457 g/mol. The molecule has 1 atom stereocenters. The van der Waals surface area contributed by atoms with Gasteiger partial charge >= 0.3 is 6.16 Å². The van der Waals surface area contributed by atoms with Gasteiger partial charge in [-0.2, -0.15) is 5.26 Å². The van der Waals surface area contributed by atoms with Gasteiger partial charge in [-0.05, 0) is 42.5 Å². The lowest BCUT2D eigenvalue weighted by Crippen LogP contribution is -2.26. The molecule has 1 aromatic heterocycles. The summed E-state index contributed by atoms with van der Waals surface area (Å²) in [4.78, 5) is 26.2. The molecule has 170 valence electrons. The molecule has 7 nitrogen and oxygen atoms in total. The zero-order chi connectivity index (χ0) is 22.9. The molecule has 0 fully saturated rings. The van der Waals surface area contributed by atoms with E-state index in [4.69, 9.17) is 18.9 Å². The van der Waals surface area contributed by atoms with Gasteiger partial charge in [0.25, 0.3) is 0 Å². The second kappa shape index (κ2) is 11.7. The van der Waals surface area contributed by atoms with Crippen molar-refractivity contribution >= 4 is 23.3 Å². The number of fused-ring (bicyclic) bond motifs is 1. The Morgan fingerprint density at radius 1 is 1.25 bits per heavy atom. The number of methoxy groups -OCH3 is 2. The molecule has 0 spiro atoms. The first-order chi connectivity index (χ1) is 15.5. The first-order valence-electron chi connectivity index (χ1n) is 10.5. The summed E-state index contributed by atoms with van der Waals surface area (Å²) in [6, 6.07) is 9.97. The minimum Gasteiger partial charge on any atom is -0.497 e. The number of carbonyl (C=O) groups excluding carboxylic acids is 2. The van der Waals surface area contributed by atoms with Gasteiger partial charge in [0.15, 0.2) is 0 Å². The molecule has 1 aliphatic carbocycles. The maximum absolute atomic E-state index is 12.6. The average molecular weight is 458 g/mol. The average Bonchev–Trinajstić information content (AvgIpc) is 3.14. The van der Waals surface area contributed by atoms with Crippen LogP contribution in [0.3, 0.4) is 0 Å². The van der Waals surface area contributed by atoms with E-state index in [0.29, 0.717) is 44.3 Å². The predicted octanol–water partition coefficient (Wildman–Crippen LogP) is 4.03. The summed E-state index contributed by atoms with van der Waals surface area (Å²) >= 11 is 1.48. The van der Waals surface area contributed by atoms with Gasteiger partial charge in [0.05, 0.1) is 19.3 Å². The summed E-state index contributed by atoms with van der Waals surface area (Å²) < 4.78 is 20.4. The lowest BCUT2D eigenvalue weighted by atomic mass is 9.92. The van der Waals surface area contributed by atoms with Gasteiger partial charge in [0.2, 0.25) is 0 Å². The highest BCUT2D eigenvalue weighted by Gasteiger charge is 2.28. The van der Waals surface area contributed by atoms with Gasteiger partial charge in [-0.15, -0.1) is 11.3 Å². The molecule has 32 heavy (non-hydrogen) atoms. The highest BCUT2D eigenvalue weighted by molar-refractivity contribution is 7.12. The summed E-state index contributed by atoms with van der Waals surface area (Å²) in [5.41, 5.74) is 2.64. The van der Waals surface area contributed by atoms with Crippen LogP contribution in [0.25, 0.3) is 0 Å². The zero-order valence-corrected chi connectivity index (χ0v) is 19.2. The third-order valence-corrected chi connectivity index (χ3v) is 6.61. The number of carbonyl (C=O) groups is 2. The number of ketones is 1. The number of aryl methyl sites for hydroxylation is 1. The molecule has 0 N–H and O–H groups in total. The van der Waals surface area contributed by atoms with Crippen molar-refractivity contribution in [3.63, 3.8) is 0 Å². The number of hydrogen-bond acceptors (Lipinski definition) is 8. The smallest absolute Gasteiger partial charge is 0.497 e. The van der Waals surface area contributed by atoms with Crippen molar-refractivity contribution in [3.8, 4) is 11.8 Å². The minimum absolute atomic E-state index is 0.0948. The standard InChI is InChI=1S/C24H27NO6S/c1-28-10-11-30-24(27)31-19-8-9-20-21(15-25)22(32-23(20)14-19)13-17(26)7-6-16-4-3-5-18(12-16)29-2/h3-5,12,19H,6-11,13-14H2,1-2H3. The Morgan fingerprint density at radius 2 is 2.09 bits per heavy atom. The molecule has 2 aromatic rings. The fourth-order valence-electron chi connectivity index (χ4n) is 3.73. The molecule has 3 rings (SSSR count). The Balaban J connectivity index is 1.58. The van der Waals surface area contributed by atoms with E-state index >= 15 is 0 Å². The van der Waals surface area contributed by atoms with Crippen molar-refractivity contribution in [1.29, 1.82) is 5.26 Å². The molecular weight excluding hydrogens is 430 g/mol. The van der Waals surface area contributed by atoms with Gasteiger partial charge in [0.1, 0.15) is 30.3 Å². The second-order valence-electron chi connectivity index (χ2n) is 7.55. The first kappa shape index (κ1) is 23.8. The van der Waals surface area contributed by atoms with E-state index in [1.807, 2.05) is 24.3 Å². The van der Waals surface area contributed by atoms with Crippen molar-refractivity contribution in [3.05, 3.63) is 50.7 Å². The van der Waals surface area contributed by atoms with Crippen LogP contribution in [-0.4, -0.2) is 45.5 Å². The Kier molecular flexibility index (Phi) is 8.65. The Bertz CT molecular complexity index is 993. The van der Waals surface area contributed by atoms with Crippen LogP contribution in [0.2, 0.25) is 0 Å². The van der Waals surface area contributed by atoms with Crippen LogP contribution in [0.15, 0.2) is 24.3 Å². The minimum atomic E-state index is -0.708. The van der Waals surface area contributed by atoms with Crippen LogP contribution >= 0.6 is 11.3 Å². The van der Waals surface area contributed by atoms with E-state index in [-0.39, 0.29) is 24.9 Å². The topological polar surface area (TPSA) is 94.8 Å². The molecule has 1 aromatic carbocycles. The quantitative estimate of drug-likeness (QED) is 0.393. The van der Waals surface area contributed by atoms with Gasteiger partial charge in [-0.3, -0.25) is 4.79 Å². The number of hydrogen-bond donors (Lipinski definition) is 0. The highest BCUT2D eigenvalue weighted by Crippen LogP contribution is 2.35. The van der Waals surface area contributed by atoms with Crippen molar-refractivity contribution in [2.24, 2.45) is 0 Å². The fraction of sp³-hybridized carbons (Fsp3) is 0.458. The normalized spacial score (nSPS) is 14.8. The predicted molar refractivity (Wildman–Crippen MR) is 119 cm³/mol. The molecule has 0 bridgehead atoms. The molecule has 0 saturated heterocycles. The van der Waals surface area contributed by atoms with Gasteiger partial charge in [0, 0.05) is 36.1 Å². The van der Waals surface area contributed by atoms with Crippen molar-refractivity contribution in [2.75, 3.05) is 27.4 Å². The van der Waals surface area contributed by atoms with Crippen LogP contribution in [0.4, 0.5) is 4.79 Å². The largest absolute Gasteiger partial charge is 0.508 e. The van der Waals surface area contributed by atoms with Crippen molar-refractivity contribution < 1.29 is 28.5 Å². The third kappa shape index (κ3) is 6.31. The summed E-state index contributed by atoms with van der Waals surface area (Å²) in [6.07, 6.45) is 2.08. The number of thiophene rings is 1. The Labute approximate surface area is 191 Å². The molecule has 0 saturated carbocycles. The van der Waals surface area contributed by atoms with Crippen LogP contribution < -0.4 is 4.74 Å². The molecule has 1 unspecified atom stereocenters. The maximum Gasteiger partial charge on any atom is 0.508 e. The molecule has 0 radical (unpaired) electrons. The third-order valence-electron chi connectivity index (χ3n) is 5.36. The van der Waals surface area contributed by atoms with E-state index in [1.54, 1.807) is 7.11 Å². The Morgan fingerprint density at radius 3 is 2.84 bits per heavy atom. The van der Waals surface area contributed by atoms with Gasteiger partial charge < -0.3 is 18.9 Å². The van der Waals surface area contributed by atoms with Crippen molar-refractivity contribution in [1.82, 2.24) is 0 Å². The van der Waals surface area contributed by atoms with E-state index in [2.05, 4.69) is 6.07 Å². The summed E-state index contributed by atoms with van der Waals surface area (Å²) in [5.74, 6) is 0.865. The molecule has 0 amide bonds. The van der Waals surface area contributed by atoms with Gasteiger partial charge in [-0.1, -0.05) is 12.1 Å². The molecule has 0 aliphatic heterocycles. The number of benzene rings is 1. The SMILES string of the molecule is COCCOC(=O)OC1CCc2c(sc(CC(=O)CCc3cccc(OC)c3)c2C#N)C1. The van der Waals surface area contributed by atoms with E-state index < -0.39 is 6.16 Å². The number of rotatable bonds is 10. The van der Waals surface area contributed by atoms with Crippen LogP contribution in [0.5, 0.6) is 5.75 Å². The van der Waals surface area contributed by atoms with E-state index in [1.165, 1.54) is 18.4 Å². The van der Waals surface area contributed by atoms with Gasteiger partial charge in [-0.25, -0.2) is 4.79 Å². The molecule has 8 heteroatoms. The number of ether oxygens (including phenoxy) is 4. The van der Waals surface area contributed by atoms with Crippen LogP contribution in [-0.2, 0) is 44.7 Å². The van der Waals surface area contributed by atoms with E-state index in [0.717, 1.165) is 26.6 Å². The van der Waals surface area contributed by atoms with Crippen molar-refractivity contribution in [2.45, 2.75) is 44.6 Å². The molecule has 1 heterocycles. The first-order valence-corrected chi connectivity index (χ1v) is 11.4. The summed E-state index contributed by atoms with van der Waals surface area (Å²) in [7, 11) is 3.15. The summed E-state index contributed by atoms with van der Waals surface area (Å²) in [6.45, 7) is 0.461. The lowest BCUT2D eigenvalue weighted by Gasteiger charge is -2.22. The van der Waals surface area contributed by atoms with Crippen LogP contribution in [0, 0.1) is 11.3 Å². The number of Topliss-reactive ketones (excluding diaryl/α,β-unsaturated/α-hetero) is 1. The Hall–Kier alpha value is -2.89. The summed E-state index contributed by atoms with van der Waals surface area (Å²) in [5, 5.41) is 9.69. The second-order valence-corrected chi connectivity index (χ2v) is 8.74. The van der Waals surface area contributed by atoms with Crippen LogP contribution in [0.1, 0.15) is 39.3 Å². The highest BCUT2D eigenvalue weighted by atomic mass is 32.1.